The molecule has 0 spiro atoms. The summed E-state index contributed by atoms with van der Waals surface area (Å²) in [6.07, 6.45) is -2.62. The van der Waals surface area contributed by atoms with E-state index >= 15 is 0 Å². The minimum absolute atomic E-state index is 0.0119. The molecule has 1 aliphatic rings. The van der Waals surface area contributed by atoms with Gasteiger partial charge in [0.15, 0.2) is 0 Å². The third-order valence-electron chi connectivity index (χ3n) is 5.54. The largest absolute Gasteiger partial charge is 0.490 e. The molecule has 35 heavy (non-hydrogen) atoms. The lowest BCUT2D eigenvalue weighted by Gasteiger charge is -2.37. The van der Waals surface area contributed by atoms with Crippen LogP contribution in [0.1, 0.15) is 5.56 Å². The zero-order valence-corrected chi connectivity index (χ0v) is 19.9. The van der Waals surface area contributed by atoms with E-state index in [0.29, 0.717) is 42.6 Å². The molecule has 7 nitrogen and oxygen atoms in total. The smallest absolute Gasteiger partial charge is 0.475 e. The maximum Gasteiger partial charge on any atom is 0.490 e. The maximum atomic E-state index is 12.8. The van der Waals surface area contributed by atoms with Gasteiger partial charge in [-0.25, -0.2) is 4.79 Å². The number of piperazine rings is 1. The molecule has 1 aliphatic heterocycles. The fourth-order valence-corrected chi connectivity index (χ4v) is 4.18. The number of hydrogen-bond acceptors (Lipinski definition) is 4. The van der Waals surface area contributed by atoms with E-state index in [0.717, 1.165) is 22.2 Å². The first kappa shape index (κ1) is 26.7. The van der Waals surface area contributed by atoms with Crippen molar-refractivity contribution in [1.82, 2.24) is 9.88 Å². The van der Waals surface area contributed by atoms with Crippen molar-refractivity contribution in [2.75, 3.05) is 31.1 Å². The van der Waals surface area contributed by atoms with Crippen LogP contribution in [-0.4, -0.2) is 65.3 Å². The van der Waals surface area contributed by atoms with Gasteiger partial charge in [0.1, 0.15) is 0 Å². The number of rotatable bonds is 4. The highest BCUT2D eigenvalue weighted by atomic mass is 35.5. The van der Waals surface area contributed by atoms with Crippen molar-refractivity contribution in [3.05, 3.63) is 64.3 Å². The van der Waals surface area contributed by atoms with Crippen LogP contribution in [0.5, 0.6) is 0 Å². The molecule has 1 amide bonds. The van der Waals surface area contributed by atoms with Gasteiger partial charge in [-0.05, 0) is 30.2 Å². The lowest BCUT2D eigenvalue weighted by Crippen LogP contribution is -2.53. The van der Waals surface area contributed by atoms with E-state index in [2.05, 4.69) is 9.88 Å². The number of benzene rings is 2. The summed E-state index contributed by atoms with van der Waals surface area (Å²) in [5, 5.41) is 9.34. The lowest BCUT2D eigenvalue weighted by atomic mass is 10.0. The zero-order valence-electron chi connectivity index (χ0n) is 18.4. The number of carboxylic acid groups (broad SMARTS) is 1. The molecule has 2 aromatic carbocycles. The Labute approximate surface area is 209 Å². The lowest BCUT2D eigenvalue weighted by molar-refractivity contribution is -0.192. The summed E-state index contributed by atoms with van der Waals surface area (Å²) in [5.41, 5.74) is 9.30. The Bertz CT molecular complexity index is 1190. The Kier molecular flexibility index (Phi) is 8.52. The number of anilines is 1. The average molecular weight is 531 g/mol. The van der Waals surface area contributed by atoms with Gasteiger partial charge in [-0.15, -0.1) is 0 Å². The van der Waals surface area contributed by atoms with E-state index in [1.54, 1.807) is 6.07 Å². The molecular formula is C23H23Cl2F3N4O3. The van der Waals surface area contributed by atoms with Crippen LogP contribution >= 0.6 is 23.2 Å². The highest BCUT2D eigenvalue weighted by Crippen LogP contribution is 2.33. The number of carbonyl (C=O) groups excluding carboxylic acids is 1. The number of nitrogens with zero attached hydrogens (tertiary/aromatic N) is 2. The Morgan fingerprint density at radius 3 is 2.31 bits per heavy atom. The van der Waals surface area contributed by atoms with Gasteiger partial charge in [-0.3, -0.25) is 4.79 Å². The van der Waals surface area contributed by atoms with Crippen molar-refractivity contribution in [1.29, 1.82) is 0 Å². The molecule has 2 heterocycles. The molecular weight excluding hydrogens is 508 g/mol. The number of nitrogens with two attached hydrogens (primary N) is 1. The van der Waals surface area contributed by atoms with Crippen molar-refractivity contribution in [3.8, 4) is 0 Å². The van der Waals surface area contributed by atoms with Crippen LogP contribution in [-0.2, 0) is 16.0 Å². The summed E-state index contributed by atoms with van der Waals surface area (Å²) in [6.45, 7) is 2.63. The summed E-state index contributed by atoms with van der Waals surface area (Å²) in [7, 11) is 0. The number of alkyl halides is 3. The summed E-state index contributed by atoms with van der Waals surface area (Å²) < 4.78 is 31.7. The average Bonchev–Trinajstić information content (AvgIpc) is 3.23. The van der Waals surface area contributed by atoms with Gasteiger partial charge >= 0.3 is 12.1 Å². The van der Waals surface area contributed by atoms with Crippen molar-refractivity contribution in [2.45, 2.75) is 18.6 Å². The second-order valence-corrected chi connectivity index (χ2v) is 8.64. The number of aromatic nitrogens is 1. The van der Waals surface area contributed by atoms with Gasteiger partial charge in [0.05, 0.1) is 21.8 Å². The van der Waals surface area contributed by atoms with Gasteiger partial charge in [0.25, 0.3) is 0 Å². The summed E-state index contributed by atoms with van der Waals surface area (Å²) in [5.74, 6) is -2.77. The van der Waals surface area contributed by atoms with Crippen LogP contribution in [0, 0.1) is 0 Å². The Morgan fingerprint density at radius 1 is 1.06 bits per heavy atom. The van der Waals surface area contributed by atoms with E-state index in [1.165, 1.54) is 0 Å². The van der Waals surface area contributed by atoms with Gasteiger partial charge < -0.3 is 25.6 Å². The standard InChI is InChI=1S/C21H22Cl2N4O.C2HF3O2/c22-16-5-3-7-19(20(16)23)26-8-10-27(11-9-26)21(28)17(24)12-14-13-25-18-6-2-1-4-15(14)18;3-2(4,5)1(6)7/h1-7,13,17,25H,8-12,24H2;(H,6,7)/t17-;/m0./s1. The number of para-hydroxylation sites is 1. The minimum Gasteiger partial charge on any atom is -0.475 e. The fourth-order valence-electron chi connectivity index (χ4n) is 3.76. The van der Waals surface area contributed by atoms with Crippen molar-refractivity contribution in [3.63, 3.8) is 0 Å². The monoisotopic (exact) mass is 530 g/mol. The molecule has 0 unspecified atom stereocenters. The Hall–Kier alpha value is -2.95. The molecule has 1 fully saturated rings. The van der Waals surface area contributed by atoms with Crippen LogP contribution in [0.25, 0.3) is 10.9 Å². The Balaban J connectivity index is 0.000000429. The molecule has 4 rings (SSSR count). The molecule has 0 radical (unpaired) electrons. The zero-order chi connectivity index (χ0) is 25.8. The van der Waals surface area contributed by atoms with Crippen LogP contribution in [0.3, 0.4) is 0 Å². The molecule has 12 heteroatoms. The molecule has 188 valence electrons. The summed E-state index contributed by atoms with van der Waals surface area (Å²) in [4.78, 5) is 29.0. The quantitative estimate of drug-likeness (QED) is 0.466. The number of hydrogen-bond donors (Lipinski definition) is 3. The van der Waals surface area contributed by atoms with Gasteiger partial charge in [0, 0.05) is 43.3 Å². The van der Waals surface area contributed by atoms with Gasteiger partial charge in [0.2, 0.25) is 5.91 Å². The maximum absolute atomic E-state index is 12.8. The molecule has 1 aromatic heterocycles. The molecule has 4 N–H and O–H groups in total. The van der Waals surface area contributed by atoms with Gasteiger partial charge in [-0.1, -0.05) is 47.5 Å². The van der Waals surface area contributed by atoms with E-state index in [-0.39, 0.29) is 5.91 Å². The molecule has 3 aromatic rings. The first-order chi connectivity index (χ1) is 16.5. The van der Waals surface area contributed by atoms with Crippen LogP contribution in [0.4, 0.5) is 18.9 Å². The van der Waals surface area contributed by atoms with E-state index in [4.69, 9.17) is 38.8 Å². The topological polar surface area (TPSA) is 103 Å². The number of H-pyrrole nitrogens is 1. The van der Waals surface area contributed by atoms with E-state index in [1.807, 2.05) is 47.5 Å². The highest BCUT2D eigenvalue weighted by molar-refractivity contribution is 6.43. The number of fused-ring (bicyclic) bond motifs is 1. The third kappa shape index (κ3) is 6.59. The SMILES string of the molecule is N[C@@H](Cc1c[nH]c2ccccc12)C(=O)N1CCN(c2cccc(Cl)c2Cl)CC1.O=C(O)C(F)(F)F. The summed E-state index contributed by atoms with van der Waals surface area (Å²) >= 11 is 12.4. The second kappa shape index (κ2) is 11.2. The second-order valence-electron chi connectivity index (χ2n) is 7.86. The molecule has 0 bridgehead atoms. The third-order valence-corrected chi connectivity index (χ3v) is 6.35. The van der Waals surface area contributed by atoms with Crippen LogP contribution < -0.4 is 10.6 Å². The number of aromatic amines is 1. The van der Waals surface area contributed by atoms with Crippen molar-refractivity contribution in [2.24, 2.45) is 5.73 Å². The van der Waals surface area contributed by atoms with Gasteiger partial charge in [-0.2, -0.15) is 13.2 Å². The Morgan fingerprint density at radius 2 is 1.69 bits per heavy atom. The van der Waals surface area contributed by atoms with E-state index < -0.39 is 18.2 Å². The number of halogens is 5. The number of aliphatic carboxylic acids is 1. The number of nitrogens with one attached hydrogen (secondary N) is 1. The van der Waals surface area contributed by atoms with E-state index in [9.17, 15) is 18.0 Å². The highest BCUT2D eigenvalue weighted by Gasteiger charge is 2.38. The normalized spacial score (nSPS) is 14.9. The van der Waals surface area contributed by atoms with Crippen LogP contribution in [0.15, 0.2) is 48.7 Å². The minimum atomic E-state index is -5.08. The number of amides is 1. The molecule has 1 saturated heterocycles. The predicted octanol–water partition coefficient (Wildman–Crippen LogP) is 4.33. The molecule has 0 saturated carbocycles. The fraction of sp³-hybridized carbons (Fsp3) is 0.304. The predicted molar refractivity (Wildman–Crippen MR) is 129 cm³/mol. The first-order valence-corrected chi connectivity index (χ1v) is 11.3. The molecule has 1 atom stereocenters. The first-order valence-electron chi connectivity index (χ1n) is 10.6. The van der Waals surface area contributed by atoms with Crippen molar-refractivity contribution < 1.29 is 27.9 Å². The van der Waals surface area contributed by atoms with Crippen molar-refractivity contribution >= 4 is 51.7 Å². The molecule has 0 aliphatic carbocycles. The number of carbonyl (C=O) groups is 2. The number of carboxylic acids is 1. The summed E-state index contributed by atoms with van der Waals surface area (Å²) in [6, 6.07) is 13.1. The van der Waals surface area contributed by atoms with Crippen LogP contribution in [0.2, 0.25) is 10.0 Å².